The van der Waals surface area contributed by atoms with Crippen LogP contribution in [-0.4, -0.2) is 56.9 Å². The van der Waals surface area contributed by atoms with Crippen LogP contribution in [0, 0.1) is 0 Å². The van der Waals surface area contributed by atoms with Crippen molar-refractivity contribution >= 4 is 5.96 Å². The molecule has 1 saturated heterocycles. The van der Waals surface area contributed by atoms with Crippen LogP contribution in [0.2, 0.25) is 0 Å². The number of para-hydroxylation sites is 1. The van der Waals surface area contributed by atoms with E-state index in [2.05, 4.69) is 41.4 Å². The summed E-state index contributed by atoms with van der Waals surface area (Å²) in [6, 6.07) is 18.4. The predicted octanol–water partition coefficient (Wildman–Crippen LogP) is 3.86. The van der Waals surface area contributed by atoms with Gasteiger partial charge in [-0.05, 0) is 43.0 Å². The second-order valence-corrected chi connectivity index (χ2v) is 7.69. The van der Waals surface area contributed by atoms with Crippen LogP contribution < -0.4 is 10.1 Å². The number of benzene rings is 2. The Balaban J connectivity index is 1.45. The largest absolute Gasteiger partial charge is 0.492 e. The molecule has 0 radical (unpaired) electrons. The van der Waals surface area contributed by atoms with E-state index in [0.717, 1.165) is 50.9 Å². The van der Waals surface area contributed by atoms with Crippen molar-refractivity contribution in [1.82, 2.24) is 10.2 Å². The molecule has 2 aromatic carbocycles. The molecule has 1 fully saturated rings. The highest BCUT2D eigenvalue weighted by Gasteiger charge is 2.14. The van der Waals surface area contributed by atoms with E-state index in [4.69, 9.17) is 19.2 Å². The van der Waals surface area contributed by atoms with Crippen molar-refractivity contribution in [2.24, 2.45) is 4.99 Å². The van der Waals surface area contributed by atoms with E-state index >= 15 is 0 Å². The molecule has 0 aliphatic carbocycles. The maximum Gasteiger partial charge on any atom is 0.194 e. The first-order valence-electron chi connectivity index (χ1n) is 11.2. The van der Waals surface area contributed by atoms with Crippen LogP contribution in [-0.2, 0) is 22.6 Å². The lowest BCUT2D eigenvalue weighted by atomic mass is 10.1. The Labute approximate surface area is 186 Å². The van der Waals surface area contributed by atoms with E-state index in [9.17, 15) is 0 Å². The fourth-order valence-corrected chi connectivity index (χ4v) is 3.36. The highest BCUT2D eigenvalue weighted by atomic mass is 16.5. The minimum Gasteiger partial charge on any atom is -0.492 e. The average molecular weight is 426 g/mol. The number of likely N-dealkylation sites (N-methyl/N-ethyl adjacent to an activating group) is 1. The topological polar surface area (TPSA) is 55.3 Å². The molecule has 168 valence electrons. The summed E-state index contributed by atoms with van der Waals surface area (Å²) in [5.74, 6) is 1.77. The Morgan fingerprint density at radius 1 is 1.06 bits per heavy atom. The molecule has 31 heavy (non-hydrogen) atoms. The molecule has 6 heteroatoms. The monoisotopic (exact) mass is 425 g/mol. The van der Waals surface area contributed by atoms with Gasteiger partial charge < -0.3 is 24.4 Å². The van der Waals surface area contributed by atoms with Gasteiger partial charge in [-0.1, -0.05) is 42.5 Å². The smallest absolute Gasteiger partial charge is 0.194 e. The van der Waals surface area contributed by atoms with Gasteiger partial charge in [-0.25, -0.2) is 4.99 Å². The van der Waals surface area contributed by atoms with Crippen LogP contribution in [0.15, 0.2) is 59.6 Å². The Bertz CT molecular complexity index is 774. The molecule has 0 aromatic heterocycles. The number of guanidine groups is 1. The van der Waals surface area contributed by atoms with Crippen molar-refractivity contribution in [3.8, 4) is 5.75 Å². The van der Waals surface area contributed by atoms with Gasteiger partial charge in [0.1, 0.15) is 12.4 Å². The standard InChI is InChI=1S/C25H35N3O3/c1-3-26-25(28(2)15-18-30-23-7-5-4-6-8-23)27-19-21-9-11-22(12-10-21)20-31-24-13-16-29-17-14-24/h4-12,24H,3,13-20H2,1-2H3,(H,26,27). The second-order valence-electron chi connectivity index (χ2n) is 7.69. The van der Waals surface area contributed by atoms with Gasteiger partial charge in [-0.2, -0.15) is 0 Å². The van der Waals surface area contributed by atoms with Gasteiger partial charge in [-0.3, -0.25) is 0 Å². The molecule has 0 amide bonds. The van der Waals surface area contributed by atoms with Crippen LogP contribution in [0.1, 0.15) is 30.9 Å². The maximum atomic E-state index is 6.00. The molecule has 0 bridgehead atoms. The van der Waals surface area contributed by atoms with Crippen molar-refractivity contribution in [3.05, 3.63) is 65.7 Å². The lowest BCUT2D eigenvalue weighted by Gasteiger charge is -2.22. The second kappa shape index (κ2) is 13.0. The zero-order chi connectivity index (χ0) is 21.7. The van der Waals surface area contributed by atoms with Crippen molar-refractivity contribution in [2.75, 3.05) is 40.0 Å². The summed E-state index contributed by atoms with van der Waals surface area (Å²) >= 11 is 0. The third kappa shape index (κ3) is 8.23. The van der Waals surface area contributed by atoms with Gasteiger partial charge >= 0.3 is 0 Å². The fourth-order valence-electron chi connectivity index (χ4n) is 3.36. The highest BCUT2D eigenvalue weighted by molar-refractivity contribution is 5.79. The molecule has 0 spiro atoms. The van der Waals surface area contributed by atoms with Crippen molar-refractivity contribution in [1.29, 1.82) is 0 Å². The normalized spacial score (nSPS) is 15.0. The summed E-state index contributed by atoms with van der Waals surface area (Å²) in [5, 5.41) is 3.36. The van der Waals surface area contributed by atoms with Crippen LogP contribution in [0.5, 0.6) is 5.75 Å². The fraction of sp³-hybridized carbons (Fsp3) is 0.480. The lowest BCUT2D eigenvalue weighted by Crippen LogP contribution is -2.40. The van der Waals surface area contributed by atoms with Gasteiger partial charge in [0, 0.05) is 26.8 Å². The first-order valence-corrected chi connectivity index (χ1v) is 11.2. The van der Waals surface area contributed by atoms with Gasteiger partial charge in [0.05, 0.1) is 25.8 Å². The summed E-state index contributed by atoms with van der Waals surface area (Å²) < 4.78 is 17.2. The molecule has 1 aliphatic rings. The van der Waals surface area contributed by atoms with Crippen LogP contribution in [0.4, 0.5) is 0 Å². The first-order chi connectivity index (χ1) is 15.2. The summed E-state index contributed by atoms with van der Waals surface area (Å²) in [7, 11) is 2.03. The van der Waals surface area contributed by atoms with Crippen molar-refractivity contribution in [2.45, 2.75) is 39.0 Å². The lowest BCUT2D eigenvalue weighted by molar-refractivity contribution is -0.0390. The number of hydrogen-bond donors (Lipinski definition) is 1. The number of aliphatic imine (C=N–C) groups is 1. The van der Waals surface area contributed by atoms with Crippen LogP contribution in [0.3, 0.4) is 0 Å². The van der Waals surface area contributed by atoms with Gasteiger partial charge in [0.25, 0.3) is 0 Å². The molecule has 1 aliphatic heterocycles. The van der Waals surface area contributed by atoms with E-state index in [1.165, 1.54) is 11.1 Å². The summed E-state index contributed by atoms with van der Waals surface area (Å²) in [6.07, 6.45) is 2.30. The number of hydrogen-bond acceptors (Lipinski definition) is 4. The molecule has 3 rings (SSSR count). The first kappa shape index (κ1) is 23.1. The summed E-state index contributed by atoms with van der Waals surface area (Å²) in [5.41, 5.74) is 2.38. The van der Waals surface area contributed by atoms with E-state index in [1.807, 2.05) is 37.4 Å². The Morgan fingerprint density at radius 3 is 2.48 bits per heavy atom. The number of nitrogens with one attached hydrogen (secondary N) is 1. The molecule has 1 N–H and O–H groups in total. The van der Waals surface area contributed by atoms with Crippen molar-refractivity contribution in [3.63, 3.8) is 0 Å². The SMILES string of the molecule is CCNC(=NCc1ccc(COC2CCOCC2)cc1)N(C)CCOc1ccccc1. The summed E-state index contributed by atoms with van der Waals surface area (Å²) in [4.78, 5) is 6.89. The molecule has 0 atom stereocenters. The van der Waals surface area contributed by atoms with Crippen LogP contribution in [0.25, 0.3) is 0 Å². The number of rotatable bonds is 10. The zero-order valence-electron chi connectivity index (χ0n) is 18.8. The van der Waals surface area contributed by atoms with E-state index in [-0.39, 0.29) is 0 Å². The van der Waals surface area contributed by atoms with E-state index < -0.39 is 0 Å². The Hall–Kier alpha value is -2.57. The number of nitrogens with zero attached hydrogens (tertiary/aromatic N) is 2. The average Bonchev–Trinajstić information content (AvgIpc) is 2.82. The van der Waals surface area contributed by atoms with Crippen molar-refractivity contribution < 1.29 is 14.2 Å². The minimum atomic E-state index is 0.321. The molecular weight excluding hydrogens is 390 g/mol. The predicted molar refractivity (Wildman–Crippen MR) is 124 cm³/mol. The van der Waals surface area contributed by atoms with Gasteiger partial charge in [0.2, 0.25) is 0 Å². The molecule has 1 heterocycles. The highest BCUT2D eigenvalue weighted by Crippen LogP contribution is 2.14. The minimum absolute atomic E-state index is 0.321. The van der Waals surface area contributed by atoms with Gasteiger partial charge in [-0.15, -0.1) is 0 Å². The third-order valence-electron chi connectivity index (χ3n) is 5.22. The van der Waals surface area contributed by atoms with Gasteiger partial charge in [0.15, 0.2) is 5.96 Å². The molecule has 0 unspecified atom stereocenters. The maximum absolute atomic E-state index is 6.00. The molecular formula is C25H35N3O3. The molecule has 2 aromatic rings. The molecule has 6 nitrogen and oxygen atoms in total. The van der Waals surface area contributed by atoms with E-state index in [0.29, 0.717) is 25.9 Å². The van der Waals surface area contributed by atoms with E-state index in [1.54, 1.807) is 0 Å². The Kier molecular flexibility index (Phi) is 9.67. The third-order valence-corrected chi connectivity index (χ3v) is 5.22. The van der Waals surface area contributed by atoms with Crippen LogP contribution >= 0.6 is 0 Å². The number of ether oxygens (including phenoxy) is 3. The summed E-state index contributed by atoms with van der Waals surface area (Å²) in [6.45, 7) is 7.16. The molecule has 0 saturated carbocycles. The zero-order valence-corrected chi connectivity index (χ0v) is 18.8. The Morgan fingerprint density at radius 2 is 1.77 bits per heavy atom. The quantitative estimate of drug-likeness (QED) is 0.463.